The number of nitrogen functional groups attached to an aromatic ring is 1. The number of nitrogens with one attached hydrogen (secondary N) is 1. The minimum absolute atomic E-state index is 0.0162. The molecule has 0 bridgehead atoms. The van der Waals surface area contributed by atoms with Gasteiger partial charge in [0.2, 0.25) is 0 Å². The lowest BCUT2D eigenvalue weighted by atomic mass is 10.1. The van der Waals surface area contributed by atoms with E-state index in [0.29, 0.717) is 31.1 Å². The summed E-state index contributed by atoms with van der Waals surface area (Å²) in [4.78, 5) is 21.0. The van der Waals surface area contributed by atoms with Crippen LogP contribution in [0.3, 0.4) is 0 Å². The molecule has 43 heavy (non-hydrogen) atoms. The van der Waals surface area contributed by atoms with E-state index >= 15 is 0 Å². The van der Waals surface area contributed by atoms with Gasteiger partial charge < -0.3 is 20.9 Å². The van der Waals surface area contributed by atoms with Gasteiger partial charge in [0.25, 0.3) is 5.91 Å². The number of aryl methyl sites for hydroxylation is 2. The summed E-state index contributed by atoms with van der Waals surface area (Å²) in [6.07, 6.45) is 4.14. The molecule has 0 atom stereocenters. The maximum Gasteiger partial charge on any atom is 0.254 e. The molecule has 0 saturated heterocycles. The molecule has 1 aliphatic rings. The summed E-state index contributed by atoms with van der Waals surface area (Å²) < 4.78 is 2.35. The second kappa shape index (κ2) is 12.6. The Hall–Kier alpha value is -4.75. The van der Waals surface area contributed by atoms with Crippen molar-refractivity contribution in [3.63, 3.8) is 0 Å². The van der Waals surface area contributed by atoms with E-state index in [4.69, 9.17) is 21.9 Å². The third-order valence-corrected chi connectivity index (χ3v) is 8.25. The second-order valence-corrected chi connectivity index (χ2v) is 11.6. The topological polar surface area (TPSA) is 114 Å². The molecule has 5 N–H and O–H groups in total. The predicted octanol–water partition coefficient (Wildman–Crippen LogP) is 5.82. The van der Waals surface area contributed by atoms with E-state index < -0.39 is 0 Å². The zero-order chi connectivity index (χ0) is 29.8. The lowest BCUT2D eigenvalue weighted by Gasteiger charge is -2.23. The molecule has 4 aromatic carbocycles. The van der Waals surface area contributed by atoms with Gasteiger partial charge in [-0.05, 0) is 65.6 Å². The highest BCUT2D eigenvalue weighted by atomic mass is 16.2. The fourth-order valence-corrected chi connectivity index (χ4v) is 5.56. The molecule has 1 amide bonds. The summed E-state index contributed by atoms with van der Waals surface area (Å²) in [5, 5.41) is 7.64. The Morgan fingerprint density at radius 1 is 0.814 bits per heavy atom. The van der Waals surface area contributed by atoms with Gasteiger partial charge in [-0.1, -0.05) is 78.9 Å². The molecule has 218 valence electrons. The van der Waals surface area contributed by atoms with Crippen LogP contribution in [0.5, 0.6) is 0 Å². The number of nitrogens with zero attached hydrogens (tertiary/aromatic N) is 3. The van der Waals surface area contributed by atoms with Crippen molar-refractivity contribution in [3.8, 4) is 0 Å². The number of hydrogen-bond donors (Lipinski definition) is 3. The van der Waals surface area contributed by atoms with Crippen LogP contribution in [-0.2, 0) is 39.0 Å². The Bertz CT molecular complexity index is 1720. The van der Waals surface area contributed by atoms with Gasteiger partial charge in [-0.25, -0.2) is 4.98 Å². The lowest BCUT2D eigenvalue weighted by molar-refractivity contribution is 0.0730. The molecule has 6 rings (SSSR count). The summed E-state index contributed by atoms with van der Waals surface area (Å²) in [7, 11) is 0. The van der Waals surface area contributed by atoms with Gasteiger partial charge in [-0.3, -0.25) is 10.2 Å². The van der Waals surface area contributed by atoms with Crippen molar-refractivity contribution in [3.05, 3.63) is 136 Å². The van der Waals surface area contributed by atoms with Gasteiger partial charge in [0.15, 0.2) is 0 Å². The van der Waals surface area contributed by atoms with Crippen LogP contribution in [0, 0.1) is 11.3 Å². The molecule has 1 heterocycles. The Balaban J connectivity index is 1.27. The van der Waals surface area contributed by atoms with Crippen molar-refractivity contribution in [2.24, 2.45) is 17.4 Å². The minimum Gasteiger partial charge on any atom is -0.384 e. The Morgan fingerprint density at radius 2 is 1.44 bits per heavy atom. The van der Waals surface area contributed by atoms with Gasteiger partial charge in [0.1, 0.15) is 11.7 Å². The highest BCUT2D eigenvalue weighted by Gasteiger charge is 2.25. The summed E-state index contributed by atoms with van der Waals surface area (Å²) in [5.41, 5.74) is 19.1. The van der Waals surface area contributed by atoms with Crippen LogP contribution in [0.4, 0.5) is 0 Å². The number of benzene rings is 4. The van der Waals surface area contributed by atoms with Crippen molar-refractivity contribution in [1.82, 2.24) is 14.5 Å². The number of imidazole rings is 1. The maximum absolute atomic E-state index is 14.0. The third kappa shape index (κ3) is 6.84. The Labute approximate surface area is 252 Å². The van der Waals surface area contributed by atoms with Gasteiger partial charge >= 0.3 is 0 Å². The molecule has 0 unspecified atom stereocenters. The summed E-state index contributed by atoms with van der Waals surface area (Å²) in [6, 6.07) is 32.1. The third-order valence-electron chi connectivity index (χ3n) is 8.25. The van der Waals surface area contributed by atoms with E-state index in [-0.39, 0.29) is 11.7 Å². The quantitative estimate of drug-likeness (QED) is 0.130. The van der Waals surface area contributed by atoms with E-state index in [1.165, 1.54) is 18.4 Å². The highest BCUT2D eigenvalue weighted by Crippen LogP contribution is 2.33. The normalized spacial score (nSPS) is 12.9. The van der Waals surface area contributed by atoms with Gasteiger partial charge in [0.05, 0.1) is 11.0 Å². The van der Waals surface area contributed by atoms with E-state index in [1.54, 1.807) is 0 Å². The first-order valence-corrected chi connectivity index (χ1v) is 15.0. The summed E-state index contributed by atoms with van der Waals surface area (Å²) in [6.45, 7) is 2.47. The molecule has 5 aromatic rings. The molecule has 7 nitrogen and oxygen atoms in total. The molecule has 7 heteroatoms. The highest BCUT2D eigenvalue weighted by molar-refractivity contribution is 5.97. The number of rotatable bonds is 12. The first-order valence-electron chi connectivity index (χ1n) is 15.0. The number of carbonyl (C=O) groups excluding carboxylic acids is 1. The second-order valence-electron chi connectivity index (χ2n) is 11.6. The number of aromatic nitrogens is 2. The zero-order valence-corrected chi connectivity index (χ0v) is 24.4. The summed E-state index contributed by atoms with van der Waals surface area (Å²) >= 11 is 0. The maximum atomic E-state index is 14.0. The number of amidine groups is 1. The number of hydrogen-bond acceptors (Lipinski definition) is 4. The number of amides is 1. The Morgan fingerprint density at radius 3 is 2.09 bits per heavy atom. The van der Waals surface area contributed by atoms with Crippen molar-refractivity contribution in [2.75, 3.05) is 0 Å². The molecule has 1 aliphatic carbocycles. The van der Waals surface area contributed by atoms with Crippen molar-refractivity contribution in [2.45, 2.75) is 51.9 Å². The average Bonchev–Trinajstić information content (AvgIpc) is 3.80. The first kappa shape index (κ1) is 28.4. The molecule has 0 aliphatic heterocycles. The fourth-order valence-electron chi connectivity index (χ4n) is 5.56. The van der Waals surface area contributed by atoms with E-state index in [0.717, 1.165) is 58.5 Å². The van der Waals surface area contributed by atoms with Crippen LogP contribution in [0.2, 0.25) is 0 Å². The number of nitrogens with two attached hydrogens (primary N) is 2. The molecular weight excluding hydrogens is 532 g/mol. The molecule has 1 aromatic heterocycles. The van der Waals surface area contributed by atoms with Crippen molar-refractivity contribution in [1.29, 1.82) is 5.41 Å². The minimum atomic E-state index is -0.0162. The van der Waals surface area contributed by atoms with E-state index in [1.807, 2.05) is 71.6 Å². The molecule has 0 radical (unpaired) electrons. The van der Waals surface area contributed by atoms with Gasteiger partial charge in [-0.15, -0.1) is 0 Å². The van der Waals surface area contributed by atoms with Crippen LogP contribution in [0.1, 0.15) is 56.8 Å². The van der Waals surface area contributed by atoms with Crippen LogP contribution in [0.15, 0.2) is 97.1 Å². The standard InChI is InChI=1S/C36H38N6O/c37-21-26-6-8-28(9-7-26)23-41(22-27-4-2-1-3-5-27)36(43)31-17-18-33-32(20-31)40-34(42(33)24-29-10-11-29)19-14-25-12-15-30(16-13-25)35(38)39/h1-9,12-13,15-18,20,29H,10-11,14,19,21-24,37H2,(H3,38,39). The largest absolute Gasteiger partial charge is 0.384 e. The SMILES string of the molecule is N=C(N)c1ccc(CCc2nc3cc(C(=O)N(Cc4ccccc4)Cc4ccc(CN)cc4)ccc3n2CC2CC2)cc1. The molecule has 0 spiro atoms. The molecular formula is C36H38N6O. The first-order chi connectivity index (χ1) is 21.0. The van der Waals surface area contributed by atoms with Crippen LogP contribution >= 0.6 is 0 Å². The van der Waals surface area contributed by atoms with Gasteiger partial charge in [0, 0.05) is 43.7 Å². The number of carbonyl (C=O) groups is 1. The van der Waals surface area contributed by atoms with Crippen molar-refractivity contribution >= 4 is 22.8 Å². The smallest absolute Gasteiger partial charge is 0.254 e. The van der Waals surface area contributed by atoms with Crippen LogP contribution in [-0.4, -0.2) is 26.2 Å². The van der Waals surface area contributed by atoms with Crippen LogP contribution in [0.25, 0.3) is 11.0 Å². The number of fused-ring (bicyclic) bond motifs is 1. The Kier molecular flexibility index (Phi) is 8.34. The summed E-state index contributed by atoms with van der Waals surface area (Å²) in [5.74, 6) is 1.80. The van der Waals surface area contributed by atoms with Gasteiger partial charge in [-0.2, -0.15) is 0 Å². The zero-order valence-electron chi connectivity index (χ0n) is 24.4. The lowest BCUT2D eigenvalue weighted by Crippen LogP contribution is -2.30. The predicted molar refractivity (Wildman–Crippen MR) is 172 cm³/mol. The van der Waals surface area contributed by atoms with Crippen LogP contribution < -0.4 is 11.5 Å². The van der Waals surface area contributed by atoms with E-state index in [2.05, 4.69) is 34.9 Å². The van der Waals surface area contributed by atoms with E-state index in [9.17, 15) is 4.79 Å². The fraction of sp³-hybridized carbons (Fsp3) is 0.250. The average molecular weight is 571 g/mol. The molecule has 1 saturated carbocycles. The van der Waals surface area contributed by atoms with Crippen molar-refractivity contribution < 1.29 is 4.79 Å². The molecule has 1 fully saturated rings. The monoisotopic (exact) mass is 570 g/mol.